The van der Waals surface area contributed by atoms with Crippen LogP contribution in [0.25, 0.3) is 44.2 Å². The quantitative estimate of drug-likeness (QED) is 0.197. The second kappa shape index (κ2) is 10.4. The lowest BCUT2D eigenvalue weighted by Gasteiger charge is -2.28. The van der Waals surface area contributed by atoms with E-state index in [1.807, 2.05) is 66.7 Å². The number of hydrogen-bond donors (Lipinski definition) is 0. The van der Waals surface area contributed by atoms with Crippen LogP contribution in [0.1, 0.15) is 42.8 Å². The van der Waals surface area contributed by atoms with Crippen LogP contribution in [0.2, 0.25) is 0 Å². The van der Waals surface area contributed by atoms with Crippen molar-refractivity contribution in [3.8, 4) is 33.4 Å². The van der Waals surface area contributed by atoms with Gasteiger partial charge in [0.05, 0.1) is 17.8 Å². The van der Waals surface area contributed by atoms with E-state index in [1.54, 1.807) is 18.2 Å². The monoisotopic (exact) mass is 576 g/mol. The highest BCUT2D eigenvalue weighted by Crippen LogP contribution is 2.50. The summed E-state index contributed by atoms with van der Waals surface area (Å²) in [5.74, 6) is 0. The van der Waals surface area contributed by atoms with Crippen molar-refractivity contribution in [3.63, 3.8) is 0 Å². The summed E-state index contributed by atoms with van der Waals surface area (Å²) in [4.78, 5) is 1.27. The van der Waals surface area contributed by atoms with Crippen molar-refractivity contribution in [2.75, 3.05) is 4.90 Å². The van der Waals surface area contributed by atoms with E-state index < -0.39 is 88.7 Å². The average Bonchev–Trinajstić information content (AvgIpc) is 3.43. The average molecular weight is 577 g/mol. The van der Waals surface area contributed by atoms with Gasteiger partial charge in [0.15, 0.2) is 0 Å². The van der Waals surface area contributed by atoms with Crippen molar-refractivity contribution in [3.05, 3.63) is 175 Å². The Bertz CT molecular complexity index is 2820. The van der Waals surface area contributed by atoms with E-state index in [-0.39, 0.29) is 29.0 Å². The first kappa shape index (κ1) is 15.9. The van der Waals surface area contributed by atoms with Crippen molar-refractivity contribution in [1.82, 2.24) is 0 Å². The van der Waals surface area contributed by atoms with Crippen molar-refractivity contribution < 1.29 is 17.8 Å². The molecule has 0 amide bonds. The zero-order chi connectivity index (χ0) is 41.0. The molecule has 1 aliphatic rings. The molecular weight excluding hydrogens is 530 g/mol. The summed E-state index contributed by atoms with van der Waals surface area (Å²) in [5, 5.41) is 1.51. The van der Waals surface area contributed by atoms with Gasteiger partial charge in [-0.2, -0.15) is 0 Å². The van der Waals surface area contributed by atoms with E-state index in [1.165, 1.54) is 4.90 Å². The SMILES string of the molecule is [2H]c1c([2H])c([2H])c(-c2c([2H])c([2H])c(N(c3ccc4c(c3)C(C)(C)c3ccccc3-4)c3c([2H])c([2H])c([2H])c(-c4cccc5ccccc45)c3[2H])c([2H])c2[2H])c([2H])c1[2H]. The molecule has 0 saturated heterocycles. The van der Waals surface area contributed by atoms with Crippen molar-refractivity contribution >= 4 is 27.8 Å². The van der Waals surface area contributed by atoms with Gasteiger partial charge < -0.3 is 4.90 Å². The molecule has 0 bridgehead atoms. The molecule has 7 aromatic carbocycles. The molecule has 0 spiro atoms. The number of rotatable bonds is 5. The number of benzene rings is 7. The standard InChI is InChI=1S/C43H33N/c1-43(2)41-21-9-8-19-39(41)40-27-26-36(29-42(40)43)44(34-24-22-31(23-25-34)30-12-4-3-5-13-30)35-17-10-16-33(28-35)38-20-11-15-32-14-6-7-18-37(32)38/h3-29H,1-2H3/i3D,4D,5D,10D,12D,13D,16D,17D,22D,23D,24D,25D,28D. The number of anilines is 3. The van der Waals surface area contributed by atoms with Gasteiger partial charge in [-0.3, -0.25) is 0 Å². The van der Waals surface area contributed by atoms with Crippen LogP contribution in [0.3, 0.4) is 0 Å². The van der Waals surface area contributed by atoms with E-state index in [4.69, 9.17) is 9.60 Å². The lowest BCUT2D eigenvalue weighted by Crippen LogP contribution is -2.16. The predicted molar refractivity (Wildman–Crippen MR) is 187 cm³/mol. The van der Waals surface area contributed by atoms with Gasteiger partial charge in [-0.1, -0.05) is 141 Å². The van der Waals surface area contributed by atoms with Gasteiger partial charge in [0.1, 0.15) is 0 Å². The van der Waals surface area contributed by atoms with Gasteiger partial charge in [-0.15, -0.1) is 0 Å². The first-order valence-electron chi connectivity index (χ1n) is 20.8. The fourth-order valence-electron chi connectivity index (χ4n) is 6.14. The smallest absolute Gasteiger partial charge is 0.0651 e. The minimum Gasteiger partial charge on any atom is -0.310 e. The maximum Gasteiger partial charge on any atom is 0.0651 e. The Morgan fingerprint density at radius 3 is 2.05 bits per heavy atom. The molecule has 8 rings (SSSR count). The first-order chi connectivity index (χ1) is 27.0. The third-order valence-corrected chi connectivity index (χ3v) is 8.31. The summed E-state index contributed by atoms with van der Waals surface area (Å²) in [6.07, 6.45) is 0. The lowest BCUT2D eigenvalue weighted by molar-refractivity contribution is 0.660. The Morgan fingerprint density at radius 2 is 1.18 bits per heavy atom. The molecule has 0 saturated carbocycles. The zero-order valence-corrected chi connectivity index (χ0v) is 24.0. The van der Waals surface area contributed by atoms with Gasteiger partial charge in [-0.05, 0) is 91.6 Å². The highest BCUT2D eigenvalue weighted by atomic mass is 15.1. The Morgan fingerprint density at radius 1 is 0.500 bits per heavy atom. The predicted octanol–water partition coefficient (Wildman–Crippen LogP) is 11.9. The Labute approximate surface area is 278 Å². The van der Waals surface area contributed by atoms with Crippen LogP contribution < -0.4 is 4.90 Å². The van der Waals surface area contributed by atoms with E-state index in [2.05, 4.69) is 13.8 Å². The highest BCUT2D eigenvalue weighted by Gasteiger charge is 2.35. The van der Waals surface area contributed by atoms with Gasteiger partial charge in [0.2, 0.25) is 0 Å². The zero-order valence-electron chi connectivity index (χ0n) is 37.0. The summed E-state index contributed by atoms with van der Waals surface area (Å²) >= 11 is 0. The molecule has 0 N–H and O–H groups in total. The van der Waals surface area contributed by atoms with Crippen LogP contribution in [0.15, 0.2) is 163 Å². The van der Waals surface area contributed by atoms with Crippen LogP contribution in [-0.4, -0.2) is 0 Å². The van der Waals surface area contributed by atoms with E-state index in [0.29, 0.717) is 10.9 Å². The first-order valence-corrected chi connectivity index (χ1v) is 14.3. The molecule has 210 valence electrons. The third kappa shape index (κ3) is 4.32. The maximum atomic E-state index is 9.76. The molecule has 0 radical (unpaired) electrons. The number of fused-ring (bicyclic) bond motifs is 4. The van der Waals surface area contributed by atoms with Crippen LogP contribution in [0, 0.1) is 0 Å². The number of nitrogens with zero attached hydrogens (tertiary/aromatic N) is 1. The Hall–Kier alpha value is -5.40. The summed E-state index contributed by atoms with van der Waals surface area (Å²) < 4.78 is 116. The molecule has 7 aromatic rings. The van der Waals surface area contributed by atoms with Gasteiger partial charge in [0, 0.05) is 22.5 Å². The third-order valence-electron chi connectivity index (χ3n) is 8.31. The summed E-state index contributed by atoms with van der Waals surface area (Å²) in [6, 6.07) is 18.1. The fourth-order valence-corrected chi connectivity index (χ4v) is 6.14. The van der Waals surface area contributed by atoms with Crippen LogP contribution >= 0.6 is 0 Å². The highest BCUT2D eigenvalue weighted by molar-refractivity contribution is 5.97. The van der Waals surface area contributed by atoms with Crippen LogP contribution in [0.4, 0.5) is 17.1 Å². The molecular formula is C43H33N. The maximum absolute atomic E-state index is 9.76. The van der Waals surface area contributed by atoms with Crippen LogP contribution in [-0.2, 0) is 5.41 Å². The van der Waals surface area contributed by atoms with Crippen LogP contribution in [0.5, 0.6) is 0 Å². The molecule has 0 unspecified atom stereocenters. The molecule has 0 aliphatic heterocycles. The van der Waals surface area contributed by atoms with E-state index in [9.17, 15) is 8.22 Å². The van der Waals surface area contributed by atoms with E-state index >= 15 is 0 Å². The molecule has 44 heavy (non-hydrogen) atoms. The largest absolute Gasteiger partial charge is 0.310 e. The molecule has 0 atom stereocenters. The minimum absolute atomic E-state index is 0.0349. The number of hydrogen-bond acceptors (Lipinski definition) is 1. The summed E-state index contributed by atoms with van der Waals surface area (Å²) in [6.45, 7) is 4.11. The van der Waals surface area contributed by atoms with Crippen molar-refractivity contribution in [1.29, 1.82) is 0 Å². The second-order valence-corrected chi connectivity index (χ2v) is 11.2. The molecule has 0 heterocycles. The molecule has 1 aliphatic carbocycles. The Kier molecular flexibility index (Phi) is 3.76. The molecule has 0 fully saturated rings. The normalized spacial score (nSPS) is 17.1. The van der Waals surface area contributed by atoms with Crippen molar-refractivity contribution in [2.45, 2.75) is 19.3 Å². The Balaban J connectivity index is 1.49. The van der Waals surface area contributed by atoms with Gasteiger partial charge in [0.25, 0.3) is 0 Å². The van der Waals surface area contributed by atoms with Gasteiger partial charge >= 0.3 is 0 Å². The topological polar surface area (TPSA) is 3.24 Å². The lowest BCUT2D eigenvalue weighted by atomic mass is 9.82. The minimum atomic E-state index is -0.709. The van der Waals surface area contributed by atoms with E-state index in [0.717, 1.165) is 27.6 Å². The molecule has 1 heteroatoms. The second-order valence-electron chi connectivity index (χ2n) is 11.2. The molecule has 1 nitrogen and oxygen atoms in total. The molecule has 0 aromatic heterocycles. The van der Waals surface area contributed by atoms with Crippen molar-refractivity contribution in [2.24, 2.45) is 0 Å². The summed E-state index contributed by atoms with van der Waals surface area (Å²) in [7, 11) is 0. The fraction of sp³-hybridized carbons (Fsp3) is 0.0698. The van der Waals surface area contributed by atoms with Gasteiger partial charge in [-0.25, -0.2) is 0 Å². The summed E-state index contributed by atoms with van der Waals surface area (Å²) in [5.41, 5.74) is 2.40.